The van der Waals surface area contributed by atoms with Gasteiger partial charge in [0.1, 0.15) is 17.1 Å². The van der Waals surface area contributed by atoms with Gasteiger partial charge in [-0.1, -0.05) is 18.1 Å². The molecule has 0 amide bonds. The second-order valence-corrected chi connectivity index (χ2v) is 7.25. The highest BCUT2D eigenvalue weighted by Crippen LogP contribution is 2.32. The van der Waals surface area contributed by atoms with E-state index in [1.165, 1.54) is 0 Å². The Morgan fingerprint density at radius 3 is 2.25 bits per heavy atom. The maximum atomic E-state index is 12.2. The van der Waals surface area contributed by atoms with Crippen molar-refractivity contribution in [3.8, 4) is 18.1 Å². The molecule has 0 aliphatic heterocycles. The van der Waals surface area contributed by atoms with Crippen LogP contribution in [0.15, 0.2) is 24.3 Å². The molecule has 0 aromatic heterocycles. The van der Waals surface area contributed by atoms with Crippen molar-refractivity contribution < 1.29 is 17.3 Å². The molecule has 0 aliphatic rings. The molecule has 1 aromatic carbocycles. The van der Waals surface area contributed by atoms with E-state index in [-0.39, 0.29) is 6.61 Å². The largest absolute Gasteiger partial charge is 0.481 e. The Balaban J connectivity index is 3.01. The Morgan fingerprint density at radius 1 is 1.25 bits per heavy atom. The summed E-state index contributed by atoms with van der Waals surface area (Å²) in [4.78, 5) is 0. The molecule has 110 valence electrons. The van der Waals surface area contributed by atoms with Crippen molar-refractivity contribution in [2.75, 3.05) is 6.61 Å². The predicted octanol–water partition coefficient (Wildman–Crippen LogP) is 2.69. The first kappa shape index (κ1) is 16.5. The Hall–Kier alpha value is -1.51. The first-order valence-corrected chi connectivity index (χ1v) is 7.71. The lowest BCUT2D eigenvalue weighted by Gasteiger charge is -2.26. The lowest BCUT2D eigenvalue weighted by Crippen LogP contribution is -2.32. The summed E-state index contributed by atoms with van der Waals surface area (Å²) in [6, 6.07) is 6.79. The van der Waals surface area contributed by atoms with Gasteiger partial charge in [0.05, 0.1) is 6.10 Å². The van der Waals surface area contributed by atoms with Crippen molar-refractivity contribution in [2.24, 2.45) is 0 Å². The summed E-state index contributed by atoms with van der Waals surface area (Å²) in [5, 5.41) is 0. The fourth-order valence-electron chi connectivity index (χ4n) is 1.60. The smallest absolute Gasteiger partial charge is 0.277 e. The molecule has 0 fully saturated rings. The maximum absolute atomic E-state index is 12.2. The first-order valence-electron chi connectivity index (χ1n) is 6.30. The second kappa shape index (κ2) is 6.29. The van der Waals surface area contributed by atoms with Crippen LogP contribution < -0.4 is 4.74 Å². The van der Waals surface area contributed by atoms with E-state index in [0.29, 0.717) is 11.3 Å². The van der Waals surface area contributed by atoms with E-state index in [9.17, 15) is 8.42 Å². The number of rotatable bonds is 6. The van der Waals surface area contributed by atoms with Crippen LogP contribution >= 0.6 is 0 Å². The van der Waals surface area contributed by atoms with Crippen molar-refractivity contribution >= 4 is 10.1 Å². The molecule has 0 saturated heterocycles. The number of ether oxygens (including phenoxy) is 1. The van der Waals surface area contributed by atoms with Gasteiger partial charge in [-0.15, -0.1) is 6.42 Å². The van der Waals surface area contributed by atoms with Crippen LogP contribution in [0, 0.1) is 12.3 Å². The number of terminal acetylenes is 1. The monoisotopic (exact) mass is 296 g/mol. The van der Waals surface area contributed by atoms with Crippen LogP contribution in [0.5, 0.6) is 5.75 Å². The van der Waals surface area contributed by atoms with Gasteiger partial charge in [0.25, 0.3) is 10.1 Å². The fraction of sp³-hybridized carbons (Fsp3) is 0.467. The van der Waals surface area contributed by atoms with Gasteiger partial charge in [-0.3, -0.25) is 4.18 Å². The summed E-state index contributed by atoms with van der Waals surface area (Å²) in [6.45, 7) is 6.77. The van der Waals surface area contributed by atoms with Gasteiger partial charge in [-0.25, -0.2) is 0 Å². The average molecular weight is 296 g/mol. The van der Waals surface area contributed by atoms with Gasteiger partial charge >= 0.3 is 0 Å². The third-order valence-electron chi connectivity index (χ3n) is 2.82. The second-order valence-electron chi connectivity index (χ2n) is 5.13. The molecule has 0 spiro atoms. The SMILES string of the molecule is C#CCOc1ccc(C(C)(C)S(=O)(=O)OC(C)C)cc1. The molecule has 0 N–H and O–H groups in total. The first-order chi connectivity index (χ1) is 9.20. The Morgan fingerprint density at radius 2 is 1.80 bits per heavy atom. The topological polar surface area (TPSA) is 52.6 Å². The summed E-state index contributed by atoms with van der Waals surface area (Å²) in [5.41, 5.74) is 0.631. The molecule has 1 rings (SSSR count). The van der Waals surface area contributed by atoms with Crippen LogP contribution in [0.1, 0.15) is 33.3 Å². The Bertz CT molecular complexity index is 577. The van der Waals surface area contributed by atoms with Gasteiger partial charge in [0.2, 0.25) is 0 Å². The minimum absolute atomic E-state index is 0.178. The van der Waals surface area contributed by atoms with Crippen LogP contribution in [0.2, 0.25) is 0 Å². The lowest BCUT2D eigenvalue weighted by molar-refractivity contribution is 0.238. The maximum Gasteiger partial charge on any atom is 0.277 e. The molecule has 5 heteroatoms. The van der Waals surface area contributed by atoms with E-state index in [1.54, 1.807) is 52.0 Å². The van der Waals surface area contributed by atoms with E-state index in [4.69, 9.17) is 15.3 Å². The van der Waals surface area contributed by atoms with E-state index in [0.717, 1.165) is 0 Å². The fourth-order valence-corrected chi connectivity index (χ4v) is 2.77. The number of hydrogen-bond acceptors (Lipinski definition) is 4. The van der Waals surface area contributed by atoms with Crippen LogP contribution in [0.4, 0.5) is 0 Å². The summed E-state index contributed by atoms with van der Waals surface area (Å²) in [6.07, 6.45) is 4.72. The third kappa shape index (κ3) is 3.75. The molecule has 0 atom stereocenters. The molecule has 0 radical (unpaired) electrons. The van der Waals surface area contributed by atoms with Crippen LogP contribution in [-0.2, 0) is 19.0 Å². The van der Waals surface area contributed by atoms with E-state index in [1.807, 2.05) is 0 Å². The molecule has 0 aliphatic carbocycles. The molecule has 1 aromatic rings. The van der Waals surface area contributed by atoms with Gasteiger partial charge in [-0.05, 0) is 45.4 Å². The zero-order valence-electron chi connectivity index (χ0n) is 12.2. The summed E-state index contributed by atoms with van der Waals surface area (Å²) < 4.78 is 33.7. The third-order valence-corrected chi connectivity index (χ3v) is 4.94. The molecule has 0 heterocycles. The van der Waals surface area contributed by atoms with Gasteiger partial charge in [0, 0.05) is 0 Å². The summed E-state index contributed by atoms with van der Waals surface area (Å²) in [5.74, 6) is 2.97. The average Bonchev–Trinajstić information content (AvgIpc) is 2.35. The van der Waals surface area contributed by atoms with E-state index < -0.39 is 21.0 Å². The summed E-state index contributed by atoms with van der Waals surface area (Å²) >= 11 is 0. The minimum Gasteiger partial charge on any atom is -0.481 e. The van der Waals surface area contributed by atoms with E-state index >= 15 is 0 Å². The van der Waals surface area contributed by atoms with Crippen molar-refractivity contribution in [3.63, 3.8) is 0 Å². The van der Waals surface area contributed by atoms with Crippen molar-refractivity contribution in [2.45, 2.75) is 38.5 Å². The van der Waals surface area contributed by atoms with Gasteiger partial charge in [0.15, 0.2) is 0 Å². The molecular formula is C15H20O4S. The quantitative estimate of drug-likeness (QED) is 0.598. The highest BCUT2D eigenvalue weighted by atomic mass is 32.2. The standard InChI is InChI=1S/C15H20O4S/c1-6-11-18-14-9-7-13(8-10-14)15(4,5)20(16,17)19-12(2)3/h1,7-10,12H,11H2,2-5H3. The highest BCUT2D eigenvalue weighted by Gasteiger charge is 2.37. The molecule has 4 nitrogen and oxygen atoms in total. The van der Waals surface area contributed by atoms with E-state index in [2.05, 4.69) is 5.92 Å². The van der Waals surface area contributed by atoms with Crippen molar-refractivity contribution in [1.29, 1.82) is 0 Å². The lowest BCUT2D eigenvalue weighted by atomic mass is 10.0. The molecule has 0 unspecified atom stereocenters. The highest BCUT2D eigenvalue weighted by molar-refractivity contribution is 7.87. The van der Waals surface area contributed by atoms with Gasteiger partial charge < -0.3 is 4.74 Å². The number of hydrogen-bond donors (Lipinski definition) is 0. The summed E-state index contributed by atoms with van der Waals surface area (Å²) in [7, 11) is -3.72. The zero-order chi connectivity index (χ0) is 15.4. The number of benzene rings is 1. The zero-order valence-corrected chi connectivity index (χ0v) is 13.0. The molecular weight excluding hydrogens is 276 g/mol. The van der Waals surface area contributed by atoms with Gasteiger partial charge in [-0.2, -0.15) is 8.42 Å². The van der Waals surface area contributed by atoms with Crippen LogP contribution in [0.3, 0.4) is 0 Å². The van der Waals surface area contributed by atoms with Crippen molar-refractivity contribution in [1.82, 2.24) is 0 Å². The van der Waals surface area contributed by atoms with Crippen LogP contribution in [-0.4, -0.2) is 21.1 Å². The molecule has 0 saturated carbocycles. The normalized spacial score (nSPS) is 12.2. The molecule has 0 bridgehead atoms. The van der Waals surface area contributed by atoms with Crippen molar-refractivity contribution in [3.05, 3.63) is 29.8 Å². The molecule has 20 heavy (non-hydrogen) atoms. The Kier molecular flexibility index (Phi) is 5.21. The van der Waals surface area contributed by atoms with Crippen LogP contribution in [0.25, 0.3) is 0 Å². The minimum atomic E-state index is -3.72. The Labute approximate surface area is 121 Å². The predicted molar refractivity (Wildman–Crippen MR) is 78.9 cm³/mol.